The molecule has 0 atom stereocenters. The fourth-order valence-corrected chi connectivity index (χ4v) is 3.74. The number of carbonyl (C=O) groups is 1. The topological polar surface area (TPSA) is 49.6 Å². The molecule has 1 saturated heterocycles. The van der Waals surface area contributed by atoms with Crippen LogP contribution in [0.15, 0.2) is 59.1 Å². The predicted octanol–water partition coefficient (Wildman–Crippen LogP) is 4.93. The minimum absolute atomic E-state index is 0.127. The Morgan fingerprint density at radius 2 is 1.76 bits per heavy atom. The van der Waals surface area contributed by atoms with Gasteiger partial charge in [0.25, 0.3) is 0 Å². The second kappa shape index (κ2) is 8.89. The van der Waals surface area contributed by atoms with Crippen molar-refractivity contribution in [3.05, 3.63) is 70.7 Å². The molecule has 1 fully saturated rings. The van der Waals surface area contributed by atoms with Crippen LogP contribution in [0.4, 0.5) is 5.69 Å². The second-order valence-corrected chi connectivity index (χ2v) is 7.85. The minimum Gasteiger partial charge on any atom is -0.441 e. The Bertz CT molecular complexity index is 980. The van der Waals surface area contributed by atoms with Crippen LogP contribution in [0.3, 0.4) is 0 Å². The summed E-state index contributed by atoms with van der Waals surface area (Å²) in [5, 5.41) is 1.40. The average Bonchev–Trinajstić information content (AvgIpc) is 3.22. The average molecular weight is 430 g/mol. The number of oxazole rings is 1. The van der Waals surface area contributed by atoms with Gasteiger partial charge in [-0.3, -0.25) is 4.79 Å². The molecule has 0 unspecified atom stereocenters. The van der Waals surface area contributed by atoms with Gasteiger partial charge in [-0.2, -0.15) is 0 Å². The first kappa shape index (κ1) is 19.8. The van der Waals surface area contributed by atoms with Crippen molar-refractivity contribution in [3.63, 3.8) is 0 Å². The molecule has 7 heteroatoms. The number of hydrogen-bond donors (Lipinski definition) is 0. The maximum Gasteiger partial charge on any atom is 0.223 e. The Morgan fingerprint density at radius 1 is 1.00 bits per heavy atom. The molecule has 0 radical (unpaired) electrons. The van der Waals surface area contributed by atoms with Gasteiger partial charge in [0.05, 0.1) is 6.20 Å². The number of carbonyl (C=O) groups excluding carboxylic acids is 1. The Hall–Kier alpha value is -2.50. The lowest BCUT2D eigenvalue weighted by Crippen LogP contribution is -2.48. The number of rotatable bonds is 5. The molecule has 4 rings (SSSR count). The quantitative estimate of drug-likeness (QED) is 0.576. The maximum atomic E-state index is 12.6. The minimum atomic E-state index is 0.127. The molecule has 0 aliphatic carbocycles. The fraction of sp³-hybridized carbons (Fsp3) is 0.273. The van der Waals surface area contributed by atoms with Crippen molar-refractivity contribution in [1.29, 1.82) is 0 Å². The van der Waals surface area contributed by atoms with E-state index in [4.69, 9.17) is 27.6 Å². The van der Waals surface area contributed by atoms with Gasteiger partial charge in [0.15, 0.2) is 11.7 Å². The largest absolute Gasteiger partial charge is 0.441 e. The van der Waals surface area contributed by atoms with E-state index in [2.05, 4.69) is 9.88 Å². The predicted molar refractivity (Wildman–Crippen MR) is 116 cm³/mol. The van der Waals surface area contributed by atoms with Crippen molar-refractivity contribution < 1.29 is 9.21 Å². The standard InChI is InChI=1S/C22H21Cl2N3O2/c23-17-6-4-16(5-7-17)20-15-25-21(29-20)8-9-22(28)27-12-10-26(11-13-27)19-3-1-2-18(24)14-19/h1-7,14-15H,8-13H2. The highest BCUT2D eigenvalue weighted by Gasteiger charge is 2.21. The first-order valence-corrected chi connectivity index (χ1v) is 10.3. The first-order chi connectivity index (χ1) is 14.1. The summed E-state index contributed by atoms with van der Waals surface area (Å²) in [7, 11) is 0. The smallest absolute Gasteiger partial charge is 0.223 e. The van der Waals surface area contributed by atoms with E-state index < -0.39 is 0 Å². The number of amides is 1. The highest BCUT2D eigenvalue weighted by Crippen LogP contribution is 2.23. The lowest BCUT2D eigenvalue weighted by atomic mass is 10.2. The van der Waals surface area contributed by atoms with Crippen LogP contribution in [0.2, 0.25) is 10.0 Å². The van der Waals surface area contributed by atoms with Gasteiger partial charge in [0, 0.05) is 60.3 Å². The lowest BCUT2D eigenvalue weighted by Gasteiger charge is -2.36. The highest BCUT2D eigenvalue weighted by atomic mass is 35.5. The van der Waals surface area contributed by atoms with E-state index in [1.165, 1.54) is 0 Å². The lowest BCUT2D eigenvalue weighted by molar-refractivity contribution is -0.131. The number of nitrogens with zero attached hydrogens (tertiary/aromatic N) is 3. The van der Waals surface area contributed by atoms with E-state index in [0.717, 1.165) is 29.4 Å². The van der Waals surface area contributed by atoms with Gasteiger partial charge in [-0.05, 0) is 42.5 Å². The van der Waals surface area contributed by atoms with Crippen LogP contribution in [-0.4, -0.2) is 42.0 Å². The van der Waals surface area contributed by atoms with Crippen molar-refractivity contribution in [3.8, 4) is 11.3 Å². The zero-order chi connectivity index (χ0) is 20.2. The van der Waals surface area contributed by atoms with Gasteiger partial charge in [-0.1, -0.05) is 29.3 Å². The monoisotopic (exact) mass is 429 g/mol. The van der Waals surface area contributed by atoms with Crippen LogP contribution in [0.25, 0.3) is 11.3 Å². The van der Waals surface area contributed by atoms with Crippen LogP contribution >= 0.6 is 23.2 Å². The fourth-order valence-electron chi connectivity index (χ4n) is 3.43. The number of piperazine rings is 1. The zero-order valence-corrected chi connectivity index (χ0v) is 17.4. The molecule has 1 aromatic heterocycles. The number of halogens is 2. The zero-order valence-electron chi connectivity index (χ0n) is 15.9. The molecule has 3 aromatic rings. The van der Waals surface area contributed by atoms with Crippen LogP contribution in [0, 0.1) is 0 Å². The Labute approximate surface area is 179 Å². The Morgan fingerprint density at radius 3 is 2.48 bits per heavy atom. The molecular formula is C22H21Cl2N3O2. The summed E-state index contributed by atoms with van der Waals surface area (Å²) in [4.78, 5) is 21.0. The summed E-state index contributed by atoms with van der Waals surface area (Å²) in [6, 6.07) is 15.2. The van der Waals surface area contributed by atoms with E-state index in [9.17, 15) is 4.79 Å². The number of hydrogen-bond acceptors (Lipinski definition) is 4. The summed E-state index contributed by atoms with van der Waals surface area (Å²) in [6.45, 7) is 3.00. The molecule has 1 aliphatic heterocycles. The van der Waals surface area contributed by atoms with Gasteiger partial charge in [-0.25, -0.2) is 4.98 Å². The summed E-state index contributed by atoms with van der Waals surface area (Å²) in [5.41, 5.74) is 2.01. The summed E-state index contributed by atoms with van der Waals surface area (Å²) < 4.78 is 5.79. The van der Waals surface area contributed by atoms with Crippen molar-refractivity contribution >= 4 is 34.8 Å². The summed E-state index contributed by atoms with van der Waals surface area (Å²) >= 11 is 12.0. The Balaban J connectivity index is 1.28. The van der Waals surface area contributed by atoms with E-state index in [1.54, 1.807) is 6.20 Å². The molecule has 0 bridgehead atoms. The number of anilines is 1. The SMILES string of the molecule is O=C(CCc1ncc(-c2ccc(Cl)cc2)o1)N1CCN(c2cccc(Cl)c2)CC1. The molecule has 1 aliphatic rings. The van der Waals surface area contributed by atoms with Crippen molar-refractivity contribution in [2.45, 2.75) is 12.8 Å². The van der Waals surface area contributed by atoms with E-state index in [1.807, 2.05) is 53.4 Å². The molecule has 1 amide bonds. The molecule has 29 heavy (non-hydrogen) atoms. The van der Waals surface area contributed by atoms with Crippen LogP contribution in [0.1, 0.15) is 12.3 Å². The van der Waals surface area contributed by atoms with Crippen LogP contribution in [0.5, 0.6) is 0 Å². The molecule has 5 nitrogen and oxygen atoms in total. The van der Waals surface area contributed by atoms with Gasteiger partial charge in [-0.15, -0.1) is 0 Å². The van der Waals surface area contributed by atoms with Crippen molar-refractivity contribution in [1.82, 2.24) is 9.88 Å². The molecule has 0 N–H and O–H groups in total. The first-order valence-electron chi connectivity index (χ1n) is 9.57. The third-order valence-corrected chi connectivity index (χ3v) is 5.53. The molecule has 0 saturated carbocycles. The maximum absolute atomic E-state index is 12.6. The third kappa shape index (κ3) is 4.92. The van der Waals surface area contributed by atoms with E-state index >= 15 is 0 Å². The molecule has 2 aromatic carbocycles. The van der Waals surface area contributed by atoms with Crippen molar-refractivity contribution in [2.75, 3.05) is 31.1 Å². The molecular weight excluding hydrogens is 409 g/mol. The van der Waals surface area contributed by atoms with Gasteiger partial charge in [0.2, 0.25) is 5.91 Å². The highest BCUT2D eigenvalue weighted by molar-refractivity contribution is 6.31. The van der Waals surface area contributed by atoms with E-state index in [0.29, 0.717) is 42.6 Å². The second-order valence-electron chi connectivity index (χ2n) is 6.97. The third-order valence-electron chi connectivity index (χ3n) is 5.04. The number of aromatic nitrogens is 1. The summed E-state index contributed by atoms with van der Waals surface area (Å²) in [5.74, 6) is 1.38. The van der Waals surface area contributed by atoms with Gasteiger partial charge < -0.3 is 14.2 Å². The molecule has 150 valence electrons. The molecule has 2 heterocycles. The van der Waals surface area contributed by atoms with Gasteiger partial charge in [0.1, 0.15) is 0 Å². The van der Waals surface area contributed by atoms with Crippen LogP contribution in [-0.2, 0) is 11.2 Å². The number of aryl methyl sites for hydroxylation is 1. The van der Waals surface area contributed by atoms with Gasteiger partial charge >= 0.3 is 0 Å². The number of benzene rings is 2. The van der Waals surface area contributed by atoms with Crippen molar-refractivity contribution in [2.24, 2.45) is 0 Å². The van der Waals surface area contributed by atoms with Crippen LogP contribution < -0.4 is 4.90 Å². The normalized spacial score (nSPS) is 14.3. The molecule has 0 spiro atoms. The Kier molecular flexibility index (Phi) is 6.07. The van der Waals surface area contributed by atoms with E-state index in [-0.39, 0.29) is 5.91 Å². The summed E-state index contributed by atoms with van der Waals surface area (Å²) in [6.07, 6.45) is 2.56.